The van der Waals surface area contributed by atoms with Crippen molar-refractivity contribution in [3.8, 4) is 45.3 Å². The predicted octanol–water partition coefficient (Wildman–Crippen LogP) is 12.1. The number of hydrogen-bond donors (Lipinski definition) is 0. The van der Waals surface area contributed by atoms with Crippen LogP contribution in [0, 0.1) is 0 Å². The molecule has 0 unspecified atom stereocenters. The fraction of sp³-hybridized carbons (Fsp3) is 0. The van der Waals surface area contributed by atoms with Gasteiger partial charge in [-0.25, -0.2) is 0 Å². The molecule has 0 aliphatic heterocycles. The second-order valence-electron chi connectivity index (χ2n) is 13.1. The maximum absolute atomic E-state index is 6.24. The normalized spacial score (nSPS) is 11.8. The van der Waals surface area contributed by atoms with Gasteiger partial charge in [0.15, 0.2) is 0 Å². The average molecular weight is 729 g/mol. The van der Waals surface area contributed by atoms with E-state index < -0.39 is 0 Å². The minimum absolute atomic E-state index is 0.162. The Morgan fingerprint density at radius 2 is 0.981 bits per heavy atom. The Bertz CT molecular complexity index is 3180. The van der Waals surface area contributed by atoms with Gasteiger partial charge in [-0.2, -0.15) is 0 Å². The van der Waals surface area contributed by atoms with Crippen molar-refractivity contribution in [1.29, 1.82) is 0 Å². The number of furan rings is 1. The molecule has 0 aliphatic rings. The molecule has 0 atom stereocenters. The third-order valence-electron chi connectivity index (χ3n) is 10.1. The van der Waals surface area contributed by atoms with Crippen LogP contribution in [0.25, 0.3) is 108 Å². The van der Waals surface area contributed by atoms with Crippen molar-refractivity contribution in [3.05, 3.63) is 164 Å². The number of para-hydroxylation sites is 1. The van der Waals surface area contributed by atoms with Crippen LogP contribution >= 0.6 is 0 Å². The van der Waals surface area contributed by atoms with E-state index in [1.165, 1.54) is 52.0 Å². The van der Waals surface area contributed by atoms with Gasteiger partial charge in [0, 0.05) is 0 Å². The molecule has 3 aromatic heterocycles. The zero-order valence-electron chi connectivity index (χ0n) is 27.7. The van der Waals surface area contributed by atoms with Gasteiger partial charge in [0.2, 0.25) is 0 Å². The molecule has 0 saturated carbocycles. The van der Waals surface area contributed by atoms with E-state index in [0.29, 0.717) is 17.5 Å². The first-order chi connectivity index (χ1) is 25.8. The van der Waals surface area contributed by atoms with Crippen molar-refractivity contribution in [3.63, 3.8) is 0 Å². The van der Waals surface area contributed by atoms with Crippen LogP contribution in [0.5, 0.6) is 0 Å². The van der Waals surface area contributed by atoms with E-state index in [2.05, 4.69) is 103 Å². The van der Waals surface area contributed by atoms with E-state index in [-0.39, 0.29) is 14.5 Å². The maximum atomic E-state index is 6.24. The summed E-state index contributed by atoms with van der Waals surface area (Å²) >= 11 is 0.162. The third-order valence-corrected chi connectivity index (χ3v) is 12.8. The molecule has 0 fully saturated rings. The topological polar surface area (TPSA) is 51.8 Å². The zero-order valence-corrected chi connectivity index (χ0v) is 29.5. The summed E-state index contributed by atoms with van der Waals surface area (Å²) in [4.78, 5) is 15.3. The summed E-state index contributed by atoms with van der Waals surface area (Å²) in [5.41, 5.74) is 7.08. The van der Waals surface area contributed by atoms with E-state index >= 15 is 0 Å². The van der Waals surface area contributed by atoms with Crippen molar-refractivity contribution in [2.75, 3.05) is 0 Å². The SMILES string of the molecule is c1ccc(-c2nc(-c3ccc4c(ccc5ccc6c7cccc(-c8ccccc8)c7[se]c6c54)c3)nc(-c3cccc4oc5ccccc5c34)n2)cc1. The molecule has 0 radical (unpaired) electrons. The van der Waals surface area contributed by atoms with Crippen molar-refractivity contribution in [2.24, 2.45) is 0 Å². The van der Waals surface area contributed by atoms with Gasteiger partial charge in [-0.3, -0.25) is 0 Å². The number of rotatable bonds is 4. The Morgan fingerprint density at radius 3 is 1.85 bits per heavy atom. The summed E-state index contributed by atoms with van der Waals surface area (Å²) in [7, 11) is 0. The Hall–Kier alpha value is -6.39. The van der Waals surface area contributed by atoms with Crippen molar-refractivity contribution >= 4 is 77.3 Å². The fourth-order valence-electron chi connectivity index (χ4n) is 7.69. The Balaban J connectivity index is 1.12. The van der Waals surface area contributed by atoms with Gasteiger partial charge in [-0.05, 0) is 12.1 Å². The van der Waals surface area contributed by atoms with Gasteiger partial charge in [0.1, 0.15) is 5.58 Å². The molecular weight excluding hydrogens is 701 g/mol. The van der Waals surface area contributed by atoms with Crippen LogP contribution < -0.4 is 0 Å². The van der Waals surface area contributed by atoms with Gasteiger partial charge in [0.05, 0.1) is 0 Å². The number of fused-ring (bicyclic) bond motifs is 10. The molecule has 5 heteroatoms. The van der Waals surface area contributed by atoms with E-state index in [1.54, 1.807) is 0 Å². The van der Waals surface area contributed by atoms with Crippen LogP contribution in [0.1, 0.15) is 0 Å². The second kappa shape index (κ2) is 11.6. The summed E-state index contributed by atoms with van der Waals surface area (Å²) in [5.74, 6) is 1.89. The molecule has 11 rings (SSSR count). The van der Waals surface area contributed by atoms with Gasteiger partial charge in [-0.15, -0.1) is 0 Å². The van der Waals surface area contributed by atoms with Crippen molar-refractivity contribution in [1.82, 2.24) is 15.0 Å². The first kappa shape index (κ1) is 29.4. The zero-order chi connectivity index (χ0) is 34.2. The standard InChI is InChI=1S/C47H27N3OSe/c1-3-11-28(12-4-1)34-16-9-17-35-36-26-23-29-21-22-31-27-32(24-25-33(31)41(29)44(36)52-43(34)35)46-48-45(30-13-5-2-6-14-30)49-47(50-46)38-18-10-20-40-42(38)37-15-7-8-19-39(37)51-40/h1-27H. The Labute approximate surface area is 304 Å². The fourth-order valence-corrected chi connectivity index (χ4v) is 10.6. The molecule has 3 heterocycles. The van der Waals surface area contributed by atoms with Crippen LogP contribution in [0.15, 0.2) is 168 Å². The van der Waals surface area contributed by atoms with Gasteiger partial charge < -0.3 is 4.42 Å². The second-order valence-corrected chi connectivity index (χ2v) is 15.3. The molecule has 242 valence electrons. The number of nitrogens with zero attached hydrogens (tertiary/aromatic N) is 3. The minimum atomic E-state index is 0.162. The van der Waals surface area contributed by atoms with E-state index in [0.717, 1.165) is 38.6 Å². The predicted molar refractivity (Wildman–Crippen MR) is 216 cm³/mol. The van der Waals surface area contributed by atoms with Gasteiger partial charge in [-0.1, -0.05) is 24.3 Å². The number of aromatic nitrogens is 3. The van der Waals surface area contributed by atoms with Crippen molar-refractivity contribution < 1.29 is 4.42 Å². The average Bonchev–Trinajstić information content (AvgIpc) is 3.80. The molecule has 0 aliphatic carbocycles. The molecule has 8 aromatic carbocycles. The summed E-state index contributed by atoms with van der Waals surface area (Å²) in [5, 5.41) is 9.79. The van der Waals surface area contributed by atoms with E-state index in [1.807, 2.05) is 60.7 Å². The molecule has 0 N–H and O–H groups in total. The molecule has 0 spiro atoms. The first-order valence-corrected chi connectivity index (χ1v) is 19.1. The van der Waals surface area contributed by atoms with Gasteiger partial charge in [0.25, 0.3) is 0 Å². The number of benzene rings is 8. The molecule has 0 saturated heterocycles. The van der Waals surface area contributed by atoms with Crippen LogP contribution in [0.4, 0.5) is 0 Å². The first-order valence-electron chi connectivity index (χ1n) is 17.4. The number of hydrogen-bond acceptors (Lipinski definition) is 4. The monoisotopic (exact) mass is 729 g/mol. The summed E-state index contributed by atoms with van der Waals surface area (Å²) in [6.45, 7) is 0. The molecule has 0 bridgehead atoms. The molecule has 0 amide bonds. The summed E-state index contributed by atoms with van der Waals surface area (Å²) < 4.78 is 9.16. The van der Waals surface area contributed by atoms with Crippen molar-refractivity contribution in [2.45, 2.75) is 0 Å². The molecular formula is C47H27N3OSe. The van der Waals surface area contributed by atoms with E-state index in [4.69, 9.17) is 19.4 Å². The molecule has 11 aromatic rings. The van der Waals surface area contributed by atoms with Crippen LogP contribution in [0.3, 0.4) is 0 Å². The van der Waals surface area contributed by atoms with Gasteiger partial charge >= 0.3 is 259 Å². The molecule has 4 nitrogen and oxygen atoms in total. The summed E-state index contributed by atoms with van der Waals surface area (Å²) in [6, 6.07) is 57.7. The molecule has 52 heavy (non-hydrogen) atoms. The van der Waals surface area contributed by atoms with Crippen LogP contribution in [-0.2, 0) is 0 Å². The summed E-state index contributed by atoms with van der Waals surface area (Å²) in [6.07, 6.45) is 0. The quantitative estimate of drug-likeness (QED) is 0.134. The third kappa shape index (κ3) is 4.57. The Morgan fingerprint density at radius 1 is 0.365 bits per heavy atom. The van der Waals surface area contributed by atoms with Crippen LogP contribution in [0.2, 0.25) is 0 Å². The van der Waals surface area contributed by atoms with Crippen LogP contribution in [-0.4, -0.2) is 29.5 Å². The van der Waals surface area contributed by atoms with E-state index in [9.17, 15) is 0 Å². The Kier molecular flexibility index (Phi) is 6.53.